The zero-order valence-corrected chi connectivity index (χ0v) is 12.4. The number of aromatic amines is 1. The molecular formula is C13H12Cl2N4O2. The SMILES string of the molecule is O=C(O)C1c2nc[nH]c2CCN1Cc1c(Cl)cncc1Cl. The number of H-pyrrole nitrogens is 1. The van der Waals surface area contributed by atoms with Crippen LogP contribution in [0.2, 0.25) is 10.0 Å². The summed E-state index contributed by atoms with van der Waals surface area (Å²) in [6.07, 6.45) is 5.24. The first kappa shape index (κ1) is 14.3. The zero-order valence-electron chi connectivity index (χ0n) is 10.9. The number of nitrogens with zero attached hydrogens (tertiary/aromatic N) is 3. The Morgan fingerprint density at radius 2 is 2.14 bits per heavy atom. The number of carboxylic acid groups (broad SMARTS) is 1. The van der Waals surface area contributed by atoms with Crippen molar-refractivity contribution in [3.63, 3.8) is 0 Å². The topological polar surface area (TPSA) is 82.1 Å². The van der Waals surface area contributed by atoms with Crippen LogP contribution in [0.1, 0.15) is 23.0 Å². The molecular weight excluding hydrogens is 315 g/mol. The Hall–Kier alpha value is -1.63. The summed E-state index contributed by atoms with van der Waals surface area (Å²) in [7, 11) is 0. The highest BCUT2D eigenvalue weighted by Gasteiger charge is 2.35. The second-order valence-electron chi connectivity index (χ2n) is 4.81. The first-order chi connectivity index (χ1) is 10.1. The Morgan fingerprint density at radius 3 is 2.81 bits per heavy atom. The second kappa shape index (κ2) is 5.63. The molecule has 3 rings (SSSR count). The highest BCUT2D eigenvalue weighted by atomic mass is 35.5. The normalized spacial score (nSPS) is 18.5. The number of hydrogen-bond acceptors (Lipinski definition) is 4. The molecule has 0 saturated heterocycles. The Bertz CT molecular complexity index is 668. The third-order valence-corrected chi connectivity index (χ3v) is 4.22. The largest absolute Gasteiger partial charge is 0.480 e. The molecule has 1 aliphatic heterocycles. The number of nitrogens with one attached hydrogen (secondary N) is 1. The monoisotopic (exact) mass is 326 g/mol. The summed E-state index contributed by atoms with van der Waals surface area (Å²) in [6.45, 7) is 0.921. The Balaban J connectivity index is 1.94. The van der Waals surface area contributed by atoms with E-state index >= 15 is 0 Å². The quantitative estimate of drug-likeness (QED) is 0.904. The van der Waals surface area contributed by atoms with Crippen molar-refractivity contribution in [2.45, 2.75) is 19.0 Å². The lowest BCUT2D eigenvalue weighted by Gasteiger charge is -2.32. The number of halogens is 2. The molecule has 21 heavy (non-hydrogen) atoms. The van der Waals surface area contributed by atoms with E-state index in [1.54, 1.807) is 4.90 Å². The van der Waals surface area contributed by atoms with Crippen LogP contribution in [0, 0.1) is 0 Å². The predicted molar refractivity (Wildman–Crippen MR) is 77.3 cm³/mol. The second-order valence-corrected chi connectivity index (χ2v) is 5.62. The molecule has 0 saturated carbocycles. The third kappa shape index (κ3) is 2.62. The standard InChI is InChI=1S/C13H12Cl2N4O2/c14-8-3-16-4-9(15)7(8)5-19-2-1-10-11(18-6-17-10)12(19)13(20)21/h3-4,6,12H,1-2,5H2,(H,17,18)(H,20,21). The minimum atomic E-state index is -0.940. The predicted octanol–water partition coefficient (Wildman–Crippen LogP) is 2.30. The van der Waals surface area contributed by atoms with Gasteiger partial charge in [-0.05, 0) is 0 Å². The van der Waals surface area contributed by atoms with Crippen LogP contribution >= 0.6 is 23.2 Å². The van der Waals surface area contributed by atoms with Crippen molar-refractivity contribution in [1.82, 2.24) is 19.9 Å². The average Bonchev–Trinajstić information content (AvgIpc) is 2.90. The van der Waals surface area contributed by atoms with Crippen LogP contribution < -0.4 is 0 Å². The lowest BCUT2D eigenvalue weighted by Crippen LogP contribution is -2.39. The minimum Gasteiger partial charge on any atom is -0.480 e. The summed E-state index contributed by atoms with van der Waals surface area (Å²) in [5.41, 5.74) is 2.10. The van der Waals surface area contributed by atoms with E-state index in [2.05, 4.69) is 15.0 Å². The van der Waals surface area contributed by atoms with Gasteiger partial charge in [-0.2, -0.15) is 0 Å². The van der Waals surface area contributed by atoms with Crippen molar-refractivity contribution in [3.05, 3.63) is 45.7 Å². The first-order valence-corrected chi connectivity index (χ1v) is 7.10. The smallest absolute Gasteiger partial charge is 0.327 e. The summed E-state index contributed by atoms with van der Waals surface area (Å²) < 4.78 is 0. The maximum Gasteiger partial charge on any atom is 0.327 e. The molecule has 0 spiro atoms. The van der Waals surface area contributed by atoms with Crippen LogP contribution in [0.15, 0.2) is 18.7 Å². The number of hydrogen-bond donors (Lipinski definition) is 2. The van der Waals surface area contributed by atoms with Crippen molar-refractivity contribution in [2.24, 2.45) is 0 Å². The molecule has 2 aromatic rings. The molecule has 1 aliphatic rings. The van der Waals surface area contributed by atoms with Crippen LogP contribution in [0.4, 0.5) is 0 Å². The van der Waals surface area contributed by atoms with E-state index < -0.39 is 12.0 Å². The fourth-order valence-corrected chi connectivity index (χ4v) is 3.04. The summed E-state index contributed by atoms with van der Waals surface area (Å²) in [5, 5.41) is 10.4. The van der Waals surface area contributed by atoms with Gasteiger partial charge in [0.1, 0.15) is 0 Å². The fourth-order valence-electron chi connectivity index (χ4n) is 2.56. The molecule has 3 heterocycles. The maximum atomic E-state index is 11.6. The maximum absolute atomic E-state index is 11.6. The summed E-state index contributed by atoms with van der Waals surface area (Å²) in [5.74, 6) is -0.940. The number of pyridine rings is 1. The van der Waals surface area contributed by atoms with E-state index in [-0.39, 0.29) is 0 Å². The molecule has 0 amide bonds. The van der Waals surface area contributed by atoms with Crippen LogP contribution in [0.25, 0.3) is 0 Å². The van der Waals surface area contributed by atoms with E-state index in [9.17, 15) is 9.90 Å². The van der Waals surface area contributed by atoms with Gasteiger partial charge in [0.25, 0.3) is 0 Å². The molecule has 0 bridgehead atoms. The molecule has 0 fully saturated rings. The van der Waals surface area contributed by atoms with Gasteiger partial charge < -0.3 is 10.1 Å². The van der Waals surface area contributed by atoms with Gasteiger partial charge in [0.2, 0.25) is 0 Å². The number of carboxylic acids is 1. The molecule has 8 heteroatoms. The van der Waals surface area contributed by atoms with Gasteiger partial charge in [-0.3, -0.25) is 14.7 Å². The summed E-state index contributed by atoms with van der Waals surface area (Å²) in [4.78, 5) is 24.4. The molecule has 2 N–H and O–H groups in total. The van der Waals surface area contributed by atoms with Crippen molar-refractivity contribution in [3.8, 4) is 0 Å². The number of carbonyl (C=O) groups is 1. The van der Waals surface area contributed by atoms with E-state index in [1.165, 1.54) is 18.7 Å². The molecule has 0 radical (unpaired) electrons. The zero-order chi connectivity index (χ0) is 15.0. The van der Waals surface area contributed by atoms with Crippen molar-refractivity contribution >= 4 is 29.2 Å². The van der Waals surface area contributed by atoms with E-state index in [0.717, 1.165) is 5.69 Å². The lowest BCUT2D eigenvalue weighted by molar-refractivity contribution is -0.144. The third-order valence-electron chi connectivity index (χ3n) is 3.57. The molecule has 1 unspecified atom stereocenters. The molecule has 110 valence electrons. The van der Waals surface area contributed by atoms with Gasteiger partial charge in [0, 0.05) is 43.2 Å². The molecule has 1 atom stereocenters. The van der Waals surface area contributed by atoms with Gasteiger partial charge in [-0.1, -0.05) is 23.2 Å². The average molecular weight is 327 g/mol. The summed E-state index contributed by atoms with van der Waals surface area (Å²) >= 11 is 12.2. The van der Waals surface area contributed by atoms with Gasteiger partial charge in [0.05, 0.1) is 22.1 Å². The molecule has 2 aromatic heterocycles. The fraction of sp³-hybridized carbons (Fsp3) is 0.308. The minimum absolute atomic E-state index is 0.337. The van der Waals surface area contributed by atoms with E-state index in [4.69, 9.17) is 23.2 Å². The highest BCUT2D eigenvalue weighted by molar-refractivity contribution is 6.35. The van der Waals surface area contributed by atoms with Crippen molar-refractivity contribution < 1.29 is 9.90 Å². The van der Waals surface area contributed by atoms with Gasteiger partial charge in [-0.25, -0.2) is 4.98 Å². The lowest BCUT2D eigenvalue weighted by atomic mass is 10.0. The number of imidazole rings is 1. The highest BCUT2D eigenvalue weighted by Crippen LogP contribution is 2.32. The number of rotatable bonds is 3. The first-order valence-electron chi connectivity index (χ1n) is 6.35. The summed E-state index contributed by atoms with van der Waals surface area (Å²) in [6, 6.07) is -0.805. The number of aliphatic carboxylic acids is 1. The van der Waals surface area contributed by atoms with Gasteiger partial charge in [-0.15, -0.1) is 0 Å². The molecule has 6 nitrogen and oxygen atoms in total. The number of aromatic nitrogens is 3. The Morgan fingerprint density at radius 1 is 1.43 bits per heavy atom. The van der Waals surface area contributed by atoms with Gasteiger partial charge >= 0.3 is 5.97 Å². The molecule has 0 aliphatic carbocycles. The van der Waals surface area contributed by atoms with Crippen LogP contribution in [-0.4, -0.2) is 37.5 Å². The van der Waals surface area contributed by atoms with E-state index in [1.807, 2.05) is 0 Å². The van der Waals surface area contributed by atoms with Crippen LogP contribution in [-0.2, 0) is 17.8 Å². The van der Waals surface area contributed by atoms with Crippen molar-refractivity contribution in [2.75, 3.05) is 6.54 Å². The Kier molecular flexibility index (Phi) is 3.84. The number of fused-ring (bicyclic) bond motifs is 1. The van der Waals surface area contributed by atoms with Crippen LogP contribution in [0.3, 0.4) is 0 Å². The van der Waals surface area contributed by atoms with Gasteiger partial charge in [0.15, 0.2) is 6.04 Å². The van der Waals surface area contributed by atoms with E-state index in [0.29, 0.717) is 40.8 Å². The Labute approximate surface area is 130 Å². The van der Waals surface area contributed by atoms with Crippen LogP contribution in [0.5, 0.6) is 0 Å². The molecule has 0 aromatic carbocycles. The van der Waals surface area contributed by atoms with Crippen molar-refractivity contribution in [1.29, 1.82) is 0 Å².